The fourth-order valence-electron chi connectivity index (χ4n) is 2.85. The van der Waals surface area contributed by atoms with Gasteiger partial charge in [-0.3, -0.25) is 0 Å². The molecular weight excluding hydrogens is 333 g/mol. The third-order valence-corrected chi connectivity index (χ3v) is 5.42. The van der Waals surface area contributed by atoms with Gasteiger partial charge in [0.1, 0.15) is 0 Å². The topological polar surface area (TPSA) is 12.0 Å². The van der Waals surface area contributed by atoms with E-state index in [2.05, 4.69) is 66.9 Å². The van der Waals surface area contributed by atoms with E-state index in [1.165, 1.54) is 40.5 Å². The average Bonchev–Trinajstić information content (AvgIpc) is 2.34. The number of aryl methyl sites for hydroxylation is 1. The van der Waals surface area contributed by atoms with Crippen molar-refractivity contribution < 1.29 is 0 Å². The summed E-state index contributed by atoms with van der Waals surface area (Å²) in [6.07, 6.45) is 5.43. The highest BCUT2D eigenvalue weighted by molar-refractivity contribution is 14.1. The smallest absolute Gasteiger partial charge is 0.0353 e. The van der Waals surface area contributed by atoms with Gasteiger partial charge in [-0.2, -0.15) is 0 Å². The van der Waals surface area contributed by atoms with Crippen LogP contribution in [0.4, 0.5) is 5.69 Å². The quantitative estimate of drug-likeness (QED) is 0.731. The molecule has 1 fully saturated rings. The number of nitrogens with one attached hydrogen (secondary N) is 1. The molecule has 0 heterocycles. The van der Waals surface area contributed by atoms with Crippen LogP contribution in [0.3, 0.4) is 0 Å². The highest BCUT2D eigenvalue weighted by Gasteiger charge is 2.22. The predicted molar refractivity (Wildman–Crippen MR) is 88.1 cm³/mol. The van der Waals surface area contributed by atoms with Crippen LogP contribution in [-0.4, -0.2) is 6.04 Å². The van der Waals surface area contributed by atoms with E-state index in [-0.39, 0.29) is 0 Å². The first-order chi connectivity index (χ1) is 8.56. The molecule has 1 aromatic rings. The molecule has 2 rings (SSSR count). The van der Waals surface area contributed by atoms with Gasteiger partial charge in [0.2, 0.25) is 0 Å². The van der Waals surface area contributed by atoms with Crippen LogP contribution in [0.2, 0.25) is 0 Å². The monoisotopic (exact) mass is 357 g/mol. The lowest BCUT2D eigenvalue weighted by molar-refractivity contribution is 0.267. The van der Waals surface area contributed by atoms with E-state index in [1.807, 2.05) is 0 Å². The van der Waals surface area contributed by atoms with Gasteiger partial charge in [-0.1, -0.05) is 19.9 Å². The minimum atomic E-state index is 0.679. The van der Waals surface area contributed by atoms with Crippen molar-refractivity contribution in [3.63, 3.8) is 0 Å². The summed E-state index contributed by atoms with van der Waals surface area (Å²) in [4.78, 5) is 0. The van der Waals surface area contributed by atoms with Crippen LogP contribution < -0.4 is 5.32 Å². The van der Waals surface area contributed by atoms with Crippen molar-refractivity contribution in [3.8, 4) is 0 Å². The van der Waals surface area contributed by atoms with Crippen LogP contribution in [0.1, 0.15) is 45.1 Å². The van der Waals surface area contributed by atoms with E-state index in [1.54, 1.807) is 0 Å². The van der Waals surface area contributed by atoms with Gasteiger partial charge in [-0.15, -0.1) is 0 Å². The predicted octanol–water partition coefficient (Wildman–Crippen LogP) is 5.23. The molecule has 0 atom stereocenters. The SMILES string of the molecule is Cc1ccc(NC2CCC(C(C)C)CC2)cc1I. The van der Waals surface area contributed by atoms with Crippen molar-refractivity contribution in [1.29, 1.82) is 0 Å². The van der Waals surface area contributed by atoms with Crippen LogP contribution in [-0.2, 0) is 0 Å². The summed E-state index contributed by atoms with van der Waals surface area (Å²) in [5, 5.41) is 3.70. The lowest BCUT2D eigenvalue weighted by atomic mass is 9.79. The standard InChI is InChI=1S/C16H24IN/c1-11(2)13-5-8-14(9-6-13)18-15-7-4-12(3)16(17)10-15/h4,7,10-11,13-14,18H,5-6,8-9H2,1-3H3. The molecule has 0 saturated heterocycles. The van der Waals surface area contributed by atoms with Gasteiger partial charge < -0.3 is 5.32 Å². The van der Waals surface area contributed by atoms with E-state index >= 15 is 0 Å². The van der Waals surface area contributed by atoms with Gasteiger partial charge >= 0.3 is 0 Å². The van der Waals surface area contributed by atoms with Crippen molar-refractivity contribution >= 4 is 28.3 Å². The number of rotatable bonds is 3. The maximum absolute atomic E-state index is 3.70. The molecule has 1 saturated carbocycles. The molecule has 0 unspecified atom stereocenters. The molecule has 0 amide bonds. The average molecular weight is 357 g/mol. The first-order valence-electron chi connectivity index (χ1n) is 7.09. The molecule has 1 nitrogen and oxygen atoms in total. The van der Waals surface area contributed by atoms with E-state index in [9.17, 15) is 0 Å². The highest BCUT2D eigenvalue weighted by Crippen LogP contribution is 2.31. The lowest BCUT2D eigenvalue weighted by Crippen LogP contribution is -2.27. The molecule has 1 aromatic carbocycles. The Labute approximate surface area is 125 Å². The third kappa shape index (κ3) is 3.62. The zero-order chi connectivity index (χ0) is 13.1. The van der Waals surface area contributed by atoms with Crippen LogP contribution >= 0.6 is 22.6 Å². The van der Waals surface area contributed by atoms with E-state index in [4.69, 9.17) is 0 Å². The number of halogens is 1. The lowest BCUT2D eigenvalue weighted by Gasteiger charge is -2.32. The van der Waals surface area contributed by atoms with E-state index in [0.29, 0.717) is 6.04 Å². The Kier molecular flexibility index (Phi) is 4.93. The minimum Gasteiger partial charge on any atom is -0.382 e. The van der Waals surface area contributed by atoms with Crippen LogP contribution in [0.15, 0.2) is 18.2 Å². The summed E-state index contributed by atoms with van der Waals surface area (Å²) >= 11 is 2.42. The zero-order valence-corrected chi connectivity index (χ0v) is 13.8. The molecule has 2 heteroatoms. The second-order valence-electron chi connectivity index (χ2n) is 5.96. The van der Waals surface area contributed by atoms with Crippen molar-refractivity contribution in [2.45, 2.75) is 52.5 Å². The summed E-state index contributed by atoms with van der Waals surface area (Å²) < 4.78 is 1.36. The maximum atomic E-state index is 3.70. The number of anilines is 1. The Hall–Kier alpha value is -0.250. The Morgan fingerprint density at radius 2 is 1.83 bits per heavy atom. The van der Waals surface area contributed by atoms with Crippen LogP contribution in [0.25, 0.3) is 0 Å². The Morgan fingerprint density at radius 1 is 1.17 bits per heavy atom. The molecule has 0 radical (unpaired) electrons. The Morgan fingerprint density at radius 3 is 2.39 bits per heavy atom. The van der Waals surface area contributed by atoms with E-state index in [0.717, 1.165) is 11.8 Å². The minimum absolute atomic E-state index is 0.679. The molecule has 1 N–H and O–H groups in total. The van der Waals surface area contributed by atoms with Crippen LogP contribution in [0.5, 0.6) is 0 Å². The summed E-state index contributed by atoms with van der Waals surface area (Å²) in [5.74, 6) is 1.80. The van der Waals surface area contributed by atoms with Gasteiger partial charge in [0, 0.05) is 15.3 Å². The van der Waals surface area contributed by atoms with Crippen molar-refractivity contribution in [3.05, 3.63) is 27.3 Å². The molecule has 0 aromatic heterocycles. The molecule has 18 heavy (non-hydrogen) atoms. The second kappa shape index (κ2) is 6.27. The normalized spacial score (nSPS) is 24.3. The number of hydrogen-bond donors (Lipinski definition) is 1. The number of hydrogen-bond acceptors (Lipinski definition) is 1. The molecule has 0 bridgehead atoms. The van der Waals surface area contributed by atoms with Crippen molar-refractivity contribution in [2.24, 2.45) is 11.8 Å². The summed E-state index contributed by atoms with van der Waals surface area (Å²) in [6, 6.07) is 7.37. The van der Waals surface area contributed by atoms with Gasteiger partial charge in [0.25, 0.3) is 0 Å². The van der Waals surface area contributed by atoms with Gasteiger partial charge in [0.05, 0.1) is 0 Å². The van der Waals surface area contributed by atoms with Gasteiger partial charge in [-0.25, -0.2) is 0 Å². The molecule has 0 aliphatic heterocycles. The fourth-order valence-corrected chi connectivity index (χ4v) is 3.36. The Bertz CT molecular complexity index is 392. The summed E-state index contributed by atoms with van der Waals surface area (Å²) in [7, 11) is 0. The number of benzene rings is 1. The molecule has 100 valence electrons. The summed E-state index contributed by atoms with van der Waals surface area (Å²) in [6.45, 7) is 6.89. The second-order valence-corrected chi connectivity index (χ2v) is 7.13. The maximum Gasteiger partial charge on any atom is 0.0353 e. The zero-order valence-electron chi connectivity index (χ0n) is 11.7. The first kappa shape index (κ1) is 14.2. The van der Waals surface area contributed by atoms with Crippen LogP contribution in [0, 0.1) is 22.3 Å². The van der Waals surface area contributed by atoms with Crippen molar-refractivity contribution in [2.75, 3.05) is 5.32 Å². The van der Waals surface area contributed by atoms with Crippen molar-refractivity contribution in [1.82, 2.24) is 0 Å². The largest absolute Gasteiger partial charge is 0.382 e. The fraction of sp³-hybridized carbons (Fsp3) is 0.625. The molecule has 0 spiro atoms. The summed E-state index contributed by atoms with van der Waals surface area (Å²) in [5.41, 5.74) is 2.66. The molecular formula is C16H24IN. The molecule has 1 aliphatic carbocycles. The van der Waals surface area contributed by atoms with Gasteiger partial charge in [0.15, 0.2) is 0 Å². The third-order valence-electron chi connectivity index (χ3n) is 4.26. The highest BCUT2D eigenvalue weighted by atomic mass is 127. The Balaban J connectivity index is 1.89. The van der Waals surface area contributed by atoms with Gasteiger partial charge in [-0.05, 0) is 84.7 Å². The first-order valence-corrected chi connectivity index (χ1v) is 8.17. The van der Waals surface area contributed by atoms with E-state index < -0.39 is 0 Å². The molecule has 1 aliphatic rings.